The molecule has 1 aromatic rings. The van der Waals surface area contributed by atoms with Gasteiger partial charge in [0.2, 0.25) is 0 Å². The molecule has 0 unspecified atom stereocenters. The summed E-state index contributed by atoms with van der Waals surface area (Å²) in [6.07, 6.45) is 8.21. The first-order valence-electron chi connectivity index (χ1n) is 11.8. The van der Waals surface area contributed by atoms with Gasteiger partial charge in [-0.25, -0.2) is 8.42 Å². The highest BCUT2D eigenvalue weighted by Gasteiger charge is 2.41. The van der Waals surface area contributed by atoms with E-state index in [0.717, 1.165) is 43.9 Å². The van der Waals surface area contributed by atoms with Gasteiger partial charge in [-0.2, -0.15) is 0 Å². The molecule has 2 atom stereocenters. The molecule has 2 aliphatic carbocycles. The average Bonchev–Trinajstić information content (AvgIpc) is 3.25. The second-order valence-electron chi connectivity index (χ2n) is 11.0. The number of nitrogens with one attached hydrogen (secondary N) is 1. The summed E-state index contributed by atoms with van der Waals surface area (Å²) in [6.45, 7) is 10.6. The van der Waals surface area contributed by atoms with E-state index in [4.69, 9.17) is 0 Å². The van der Waals surface area contributed by atoms with Gasteiger partial charge in [0, 0.05) is 19.1 Å². The quantitative estimate of drug-likeness (QED) is 0.725. The topological polar surface area (TPSA) is 75.2 Å². The Labute approximate surface area is 182 Å². The summed E-state index contributed by atoms with van der Waals surface area (Å²) in [5.41, 5.74) is 0.400. The van der Waals surface area contributed by atoms with Gasteiger partial charge < -0.3 is 10.2 Å². The maximum Gasteiger partial charge on any atom is 0.200 e. The fraction of sp³-hybridized carbons (Fsp3) is 0.826. The highest BCUT2D eigenvalue weighted by Crippen LogP contribution is 2.39. The Morgan fingerprint density at radius 2 is 1.70 bits per heavy atom. The van der Waals surface area contributed by atoms with Crippen LogP contribution in [0.5, 0.6) is 0 Å². The molecule has 7 heteroatoms. The van der Waals surface area contributed by atoms with Crippen LogP contribution in [0.3, 0.4) is 0 Å². The van der Waals surface area contributed by atoms with E-state index in [1.54, 1.807) is 12.1 Å². The van der Waals surface area contributed by atoms with Crippen molar-refractivity contribution in [3.8, 4) is 0 Å². The standard InChI is InChI=1S/C23H38N4O2S/c1-23(2,3)11-12-27-15-17-13-19(14-18(17)16-27)24-21-9-10-22(26-25-21)30(28,29)20-7-5-4-6-8-20/h9-10,17-20H,4-8,11-16H2,1-3H3,(H,24,25)/t17-,18-/m1/s1. The van der Waals surface area contributed by atoms with Crippen molar-refractivity contribution in [3.05, 3.63) is 12.1 Å². The Balaban J connectivity index is 1.28. The van der Waals surface area contributed by atoms with Crippen LogP contribution >= 0.6 is 0 Å². The minimum atomic E-state index is -3.35. The van der Waals surface area contributed by atoms with Crippen molar-refractivity contribution in [1.82, 2.24) is 15.1 Å². The van der Waals surface area contributed by atoms with Gasteiger partial charge in [-0.1, -0.05) is 40.0 Å². The van der Waals surface area contributed by atoms with Crippen molar-refractivity contribution in [1.29, 1.82) is 0 Å². The summed E-state index contributed by atoms with van der Waals surface area (Å²) in [5, 5.41) is 11.7. The molecular formula is C23H38N4O2S. The van der Waals surface area contributed by atoms with E-state index < -0.39 is 9.84 Å². The first kappa shape index (κ1) is 22.0. The lowest BCUT2D eigenvalue weighted by Crippen LogP contribution is -2.28. The maximum atomic E-state index is 12.8. The van der Waals surface area contributed by atoms with E-state index in [0.29, 0.717) is 17.3 Å². The highest BCUT2D eigenvalue weighted by atomic mass is 32.2. The minimum absolute atomic E-state index is 0.137. The Morgan fingerprint density at radius 1 is 1.03 bits per heavy atom. The zero-order valence-corrected chi connectivity index (χ0v) is 19.6. The number of sulfone groups is 1. The maximum absolute atomic E-state index is 12.8. The van der Waals surface area contributed by atoms with Crippen molar-refractivity contribution in [3.63, 3.8) is 0 Å². The molecule has 0 aromatic carbocycles. The Morgan fingerprint density at radius 3 is 2.27 bits per heavy atom. The smallest absolute Gasteiger partial charge is 0.200 e. The third-order valence-corrected chi connectivity index (χ3v) is 9.43. The van der Waals surface area contributed by atoms with Gasteiger partial charge >= 0.3 is 0 Å². The van der Waals surface area contributed by atoms with Crippen LogP contribution in [-0.4, -0.2) is 54.4 Å². The normalized spacial score (nSPS) is 26.8. The van der Waals surface area contributed by atoms with Crippen LogP contribution in [0.4, 0.5) is 5.82 Å². The van der Waals surface area contributed by atoms with Gasteiger partial charge in [0.05, 0.1) is 5.25 Å². The van der Waals surface area contributed by atoms with Gasteiger partial charge in [-0.05, 0) is 68.0 Å². The summed E-state index contributed by atoms with van der Waals surface area (Å²) in [6, 6.07) is 3.86. The molecule has 1 aliphatic heterocycles. The van der Waals surface area contributed by atoms with E-state index in [1.807, 2.05) is 0 Å². The molecule has 0 spiro atoms. The largest absolute Gasteiger partial charge is 0.366 e. The van der Waals surface area contributed by atoms with E-state index in [9.17, 15) is 8.42 Å². The third kappa shape index (κ3) is 5.16. The lowest BCUT2D eigenvalue weighted by molar-refractivity contribution is 0.250. The Bertz CT molecular complexity index is 799. The molecule has 3 aliphatic rings. The van der Waals surface area contributed by atoms with Crippen LogP contribution < -0.4 is 5.32 Å². The zero-order valence-electron chi connectivity index (χ0n) is 18.8. The van der Waals surface area contributed by atoms with Crippen molar-refractivity contribution >= 4 is 15.7 Å². The fourth-order valence-electron chi connectivity index (χ4n) is 5.50. The molecule has 30 heavy (non-hydrogen) atoms. The number of fused-ring (bicyclic) bond motifs is 1. The van der Waals surface area contributed by atoms with Crippen LogP contribution in [0.25, 0.3) is 0 Å². The van der Waals surface area contributed by atoms with E-state index >= 15 is 0 Å². The van der Waals surface area contributed by atoms with Gasteiger partial charge in [-0.3, -0.25) is 0 Å². The predicted molar refractivity (Wildman–Crippen MR) is 120 cm³/mol. The summed E-state index contributed by atoms with van der Waals surface area (Å²) >= 11 is 0. The van der Waals surface area contributed by atoms with E-state index in [-0.39, 0.29) is 10.3 Å². The molecule has 3 fully saturated rings. The van der Waals surface area contributed by atoms with Crippen molar-refractivity contribution in [2.75, 3.05) is 25.0 Å². The molecule has 168 valence electrons. The van der Waals surface area contributed by atoms with E-state index in [1.165, 1.54) is 38.9 Å². The number of anilines is 1. The molecule has 1 N–H and O–H groups in total. The molecule has 0 bridgehead atoms. The second-order valence-corrected chi connectivity index (χ2v) is 13.1. The van der Waals surface area contributed by atoms with Crippen molar-refractivity contribution < 1.29 is 8.42 Å². The first-order chi connectivity index (χ1) is 14.2. The first-order valence-corrected chi connectivity index (χ1v) is 13.3. The fourth-order valence-corrected chi connectivity index (χ4v) is 7.20. The number of likely N-dealkylation sites (tertiary alicyclic amines) is 1. The molecule has 2 heterocycles. The summed E-state index contributed by atoms with van der Waals surface area (Å²) in [4.78, 5) is 2.64. The van der Waals surface area contributed by atoms with Gasteiger partial charge in [0.15, 0.2) is 14.9 Å². The molecule has 2 saturated carbocycles. The Kier molecular flexibility index (Phi) is 6.40. The molecule has 0 radical (unpaired) electrons. The van der Waals surface area contributed by atoms with Crippen LogP contribution in [0.1, 0.15) is 72.1 Å². The van der Waals surface area contributed by atoms with Crippen LogP contribution in [-0.2, 0) is 9.84 Å². The SMILES string of the molecule is CC(C)(C)CCN1C[C@H]2CC(Nc3ccc(S(=O)(=O)C4CCCCC4)nn3)C[C@@H]2C1. The van der Waals surface area contributed by atoms with Crippen LogP contribution in [0, 0.1) is 17.3 Å². The second kappa shape index (κ2) is 8.73. The summed E-state index contributed by atoms with van der Waals surface area (Å²) < 4.78 is 25.6. The van der Waals surface area contributed by atoms with E-state index in [2.05, 4.69) is 41.2 Å². The van der Waals surface area contributed by atoms with Crippen LogP contribution in [0.2, 0.25) is 0 Å². The number of hydrogen-bond acceptors (Lipinski definition) is 6. The highest BCUT2D eigenvalue weighted by molar-refractivity contribution is 7.92. The number of nitrogens with zero attached hydrogens (tertiary/aromatic N) is 3. The number of aromatic nitrogens is 2. The molecule has 6 nitrogen and oxygen atoms in total. The molecule has 1 saturated heterocycles. The number of hydrogen-bond donors (Lipinski definition) is 1. The third-order valence-electron chi connectivity index (χ3n) is 7.28. The minimum Gasteiger partial charge on any atom is -0.366 e. The van der Waals surface area contributed by atoms with Crippen molar-refractivity contribution in [2.24, 2.45) is 17.3 Å². The Hall–Kier alpha value is -1.21. The van der Waals surface area contributed by atoms with Crippen LogP contribution in [0.15, 0.2) is 17.2 Å². The predicted octanol–water partition coefficient (Wildman–Crippen LogP) is 4.14. The zero-order chi connectivity index (χ0) is 21.4. The monoisotopic (exact) mass is 434 g/mol. The summed E-state index contributed by atoms with van der Waals surface area (Å²) in [5.74, 6) is 2.23. The number of rotatable bonds is 6. The molecule has 4 rings (SSSR count). The lowest BCUT2D eigenvalue weighted by atomic mass is 9.92. The summed E-state index contributed by atoms with van der Waals surface area (Å²) in [7, 11) is -3.35. The lowest BCUT2D eigenvalue weighted by Gasteiger charge is -2.24. The van der Waals surface area contributed by atoms with Gasteiger partial charge in [0.25, 0.3) is 0 Å². The average molecular weight is 435 g/mol. The van der Waals surface area contributed by atoms with Gasteiger partial charge in [0.1, 0.15) is 5.82 Å². The van der Waals surface area contributed by atoms with Gasteiger partial charge in [-0.15, -0.1) is 10.2 Å². The molecule has 1 aromatic heterocycles. The molecular weight excluding hydrogens is 396 g/mol. The van der Waals surface area contributed by atoms with Crippen molar-refractivity contribution in [2.45, 2.75) is 88.5 Å². The molecule has 0 amide bonds.